The fourth-order valence-electron chi connectivity index (χ4n) is 5.48. The van der Waals surface area contributed by atoms with E-state index in [0.29, 0.717) is 27.9 Å². The summed E-state index contributed by atoms with van der Waals surface area (Å²) in [7, 11) is -3.87. The van der Waals surface area contributed by atoms with Gasteiger partial charge in [0.1, 0.15) is 0 Å². The van der Waals surface area contributed by atoms with Crippen LogP contribution in [0.25, 0.3) is 10.9 Å². The lowest BCUT2D eigenvalue weighted by molar-refractivity contribution is 0.231. The van der Waals surface area contributed by atoms with Gasteiger partial charge in [-0.1, -0.05) is 67.1 Å². The van der Waals surface area contributed by atoms with E-state index in [1.54, 1.807) is 36.4 Å². The molecule has 1 aromatic heterocycles. The van der Waals surface area contributed by atoms with Gasteiger partial charge in [-0.25, -0.2) is 13.4 Å². The van der Waals surface area contributed by atoms with Crippen LogP contribution < -0.4 is 4.72 Å². The summed E-state index contributed by atoms with van der Waals surface area (Å²) >= 11 is 0. The van der Waals surface area contributed by atoms with Crippen LogP contribution in [0.15, 0.2) is 113 Å². The largest absolute Gasteiger partial charge is 0.494 e. The zero-order valence-electron chi connectivity index (χ0n) is 23.3. The molecule has 1 aliphatic rings. The molecule has 4 aromatic carbocycles. The Labute approximate surface area is 246 Å². The Morgan fingerprint density at radius 3 is 2.26 bits per heavy atom. The van der Waals surface area contributed by atoms with E-state index in [4.69, 9.17) is 4.99 Å². The number of benzene rings is 4. The Kier molecular flexibility index (Phi) is 8.08. The summed E-state index contributed by atoms with van der Waals surface area (Å²) < 4.78 is 29.2. The van der Waals surface area contributed by atoms with Gasteiger partial charge in [-0.3, -0.25) is 4.72 Å². The van der Waals surface area contributed by atoms with E-state index in [1.165, 1.54) is 44.0 Å². The number of aromatic amines is 1. The number of para-hydroxylation sites is 1. The summed E-state index contributed by atoms with van der Waals surface area (Å²) in [6.07, 6.45) is 4.90. The smallest absolute Gasteiger partial charge is 0.261 e. The number of likely N-dealkylation sites (tertiary alicyclic amines) is 1. The highest BCUT2D eigenvalue weighted by molar-refractivity contribution is 7.92. The number of aliphatic imine (C=N–C) groups is 1. The third-order valence-electron chi connectivity index (χ3n) is 7.71. The summed E-state index contributed by atoms with van der Waals surface area (Å²) in [6, 6.07) is 31.4. The molecule has 8 heteroatoms. The number of rotatable bonds is 9. The van der Waals surface area contributed by atoms with Crippen LogP contribution in [0.1, 0.15) is 36.0 Å². The fourth-order valence-corrected chi connectivity index (χ4v) is 6.57. The molecule has 1 saturated heterocycles. The standard InChI is InChI=1S/C34H34N4O3S/c39-34-32(30-24-29(18-19-31(30)36-34)42(40,41)37-28-12-6-2-7-13-28)33(26-10-4-1-5-11-26)35-27-16-14-25(15-17-27)20-23-38-21-8-3-9-22-38/h1-2,4-7,10-19,24,36-37,39H,3,8-9,20-23H2. The zero-order valence-corrected chi connectivity index (χ0v) is 24.1. The molecule has 0 aliphatic carbocycles. The minimum atomic E-state index is -3.87. The topological polar surface area (TPSA) is 97.8 Å². The number of hydrogen-bond donors (Lipinski definition) is 3. The molecule has 3 N–H and O–H groups in total. The second-order valence-corrected chi connectivity index (χ2v) is 12.4. The van der Waals surface area contributed by atoms with E-state index in [0.717, 1.165) is 24.2 Å². The number of aromatic hydroxyl groups is 1. The minimum absolute atomic E-state index is 0.0729. The van der Waals surface area contributed by atoms with Crippen LogP contribution in [-0.2, 0) is 16.4 Å². The summed E-state index contributed by atoms with van der Waals surface area (Å²) in [4.78, 5) is 10.6. The van der Waals surface area contributed by atoms with Crippen molar-refractivity contribution in [3.63, 3.8) is 0 Å². The van der Waals surface area contributed by atoms with Crippen LogP contribution in [0.4, 0.5) is 11.4 Å². The van der Waals surface area contributed by atoms with Crippen LogP contribution in [0.5, 0.6) is 5.88 Å². The molecule has 7 nitrogen and oxygen atoms in total. The molecular formula is C34H34N4O3S. The van der Waals surface area contributed by atoms with Crippen LogP contribution >= 0.6 is 0 Å². The molecule has 0 amide bonds. The number of H-pyrrole nitrogens is 1. The van der Waals surface area contributed by atoms with E-state index < -0.39 is 10.0 Å². The maximum Gasteiger partial charge on any atom is 0.261 e. The predicted octanol–water partition coefficient (Wildman–Crippen LogP) is 6.87. The summed E-state index contributed by atoms with van der Waals surface area (Å²) in [5, 5.41) is 11.7. The van der Waals surface area contributed by atoms with Crippen molar-refractivity contribution in [1.82, 2.24) is 9.88 Å². The first-order chi connectivity index (χ1) is 20.5. The molecule has 6 rings (SSSR count). The van der Waals surface area contributed by atoms with Crippen molar-refractivity contribution in [3.05, 3.63) is 120 Å². The van der Waals surface area contributed by atoms with Crippen LogP contribution in [0.2, 0.25) is 0 Å². The summed E-state index contributed by atoms with van der Waals surface area (Å²) in [6.45, 7) is 3.43. The number of sulfonamides is 1. The van der Waals surface area contributed by atoms with Gasteiger partial charge in [0.25, 0.3) is 10.0 Å². The second kappa shape index (κ2) is 12.2. The number of hydrogen-bond acceptors (Lipinski definition) is 5. The van der Waals surface area contributed by atoms with Crippen molar-refractivity contribution in [3.8, 4) is 5.88 Å². The Balaban J connectivity index is 1.35. The molecule has 2 heterocycles. The summed E-state index contributed by atoms with van der Waals surface area (Å²) in [5.41, 5.74) is 4.89. The molecule has 0 unspecified atom stereocenters. The van der Waals surface area contributed by atoms with Crippen LogP contribution in [0, 0.1) is 0 Å². The first-order valence-electron chi connectivity index (χ1n) is 14.3. The van der Waals surface area contributed by atoms with Crippen molar-refractivity contribution >= 4 is 38.0 Å². The van der Waals surface area contributed by atoms with Gasteiger partial charge in [-0.05, 0) is 80.4 Å². The molecular weight excluding hydrogens is 544 g/mol. The van der Waals surface area contributed by atoms with Crippen LogP contribution in [-0.4, -0.2) is 48.8 Å². The molecule has 42 heavy (non-hydrogen) atoms. The number of fused-ring (bicyclic) bond motifs is 1. The predicted molar refractivity (Wildman–Crippen MR) is 169 cm³/mol. The Morgan fingerprint density at radius 1 is 0.857 bits per heavy atom. The first-order valence-corrected chi connectivity index (χ1v) is 15.8. The number of nitrogens with one attached hydrogen (secondary N) is 2. The Hall–Kier alpha value is -4.40. The van der Waals surface area contributed by atoms with Crippen molar-refractivity contribution in [2.24, 2.45) is 4.99 Å². The lowest BCUT2D eigenvalue weighted by atomic mass is 10.0. The fraction of sp³-hybridized carbons (Fsp3) is 0.206. The molecule has 0 radical (unpaired) electrons. The highest BCUT2D eigenvalue weighted by Gasteiger charge is 2.22. The average Bonchev–Trinajstić information content (AvgIpc) is 3.35. The number of piperidine rings is 1. The number of nitrogens with zero attached hydrogens (tertiary/aromatic N) is 2. The third-order valence-corrected chi connectivity index (χ3v) is 9.09. The molecule has 0 bridgehead atoms. The van der Waals surface area contributed by atoms with E-state index in [-0.39, 0.29) is 10.8 Å². The van der Waals surface area contributed by atoms with Gasteiger partial charge in [-0.15, -0.1) is 0 Å². The SMILES string of the molecule is O=S(=O)(Nc1ccccc1)c1ccc2[nH]c(O)c(C(=Nc3ccc(CCN4CCCCC4)cc3)c3ccccc3)c2c1. The van der Waals surface area contributed by atoms with Gasteiger partial charge in [0, 0.05) is 28.7 Å². The second-order valence-electron chi connectivity index (χ2n) is 10.7. The molecule has 214 valence electrons. The zero-order chi connectivity index (χ0) is 28.9. The van der Waals surface area contributed by atoms with Gasteiger partial charge in [0.15, 0.2) is 5.88 Å². The lowest BCUT2D eigenvalue weighted by Gasteiger charge is -2.26. The molecule has 0 spiro atoms. The molecule has 1 aliphatic heterocycles. The first kappa shape index (κ1) is 27.8. The third kappa shape index (κ3) is 6.25. The van der Waals surface area contributed by atoms with Gasteiger partial charge in [0.2, 0.25) is 0 Å². The maximum absolute atomic E-state index is 13.3. The van der Waals surface area contributed by atoms with E-state index >= 15 is 0 Å². The van der Waals surface area contributed by atoms with Gasteiger partial charge in [0.05, 0.1) is 21.9 Å². The monoisotopic (exact) mass is 578 g/mol. The quantitative estimate of drug-likeness (QED) is 0.166. The van der Waals surface area contributed by atoms with E-state index in [9.17, 15) is 13.5 Å². The van der Waals surface area contributed by atoms with Crippen LogP contribution in [0.3, 0.4) is 0 Å². The molecule has 0 saturated carbocycles. The molecule has 0 atom stereocenters. The Bertz CT molecular complexity index is 1790. The van der Waals surface area contributed by atoms with Crippen molar-refractivity contribution in [2.75, 3.05) is 24.4 Å². The van der Waals surface area contributed by atoms with Crippen molar-refractivity contribution in [1.29, 1.82) is 0 Å². The van der Waals surface area contributed by atoms with Crippen molar-refractivity contribution < 1.29 is 13.5 Å². The molecule has 1 fully saturated rings. The highest BCUT2D eigenvalue weighted by atomic mass is 32.2. The average molecular weight is 579 g/mol. The number of aromatic nitrogens is 1. The van der Waals surface area contributed by atoms with Gasteiger partial charge >= 0.3 is 0 Å². The highest BCUT2D eigenvalue weighted by Crippen LogP contribution is 2.33. The molecule has 5 aromatic rings. The summed E-state index contributed by atoms with van der Waals surface area (Å²) in [5.74, 6) is -0.0729. The normalized spacial score (nSPS) is 14.7. The van der Waals surface area contributed by atoms with E-state index in [1.807, 2.05) is 48.5 Å². The van der Waals surface area contributed by atoms with Crippen molar-refractivity contribution in [2.45, 2.75) is 30.6 Å². The van der Waals surface area contributed by atoms with Gasteiger partial charge in [-0.2, -0.15) is 0 Å². The number of anilines is 1. The van der Waals surface area contributed by atoms with Gasteiger partial charge < -0.3 is 15.0 Å². The van der Waals surface area contributed by atoms with E-state index in [2.05, 4.69) is 26.7 Å². The lowest BCUT2D eigenvalue weighted by Crippen LogP contribution is -2.31. The minimum Gasteiger partial charge on any atom is -0.494 e. The Morgan fingerprint density at radius 2 is 1.55 bits per heavy atom. The maximum atomic E-state index is 13.3.